The van der Waals surface area contributed by atoms with Gasteiger partial charge in [-0.15, -0.1) is 0 Å². The van der Waals surface area contributed by atoms with Gasteiger partial charge in [-0.1, -0.05) is 34.1 Å². The van der Waals surface area contributed by atoms with Crippen molar-refractivity contribution in [3.05, 3.63) is 64.4 Å². The zero-order valence-electron chi connectivity index (χ0n) is 12.4. The topological polar surface area (TPSA) is 40.6 Å². The average molecular weight is 377 g/mol. The van der Waals surface area contributed by atoms with Crippen LogP contribution in [0.3, 0.4) is 0 Å². The average Bonchev–Trinajstić information content (AvgIpc) is 2.74. The van der Waals surface area contributed by atoms with Gasteiger partial charge in [0.15, 0.2) is 0 Å². The Kier molecular flexibility index (Phi) is 4.17. The quantitative estimate of drug-likeness (QED) is 0.761. The summed E-state index contributed by atoms with van der Waals surface area (Å²) in [6, 6.07) is 12.0. The summed E-state index contributed by atoms with van der Waals surface area (Å²) < 4.78 is 13.9. The van der Waals surface area contributed by atoms with Gasteiger partial charge in [-0.3, -0.25) is 14.6 Å². The molecular formula is C17H14BrFN2O2. The van der Waals surface area contributed by atoms with E-state index >= 15 is 0 Å². The maximum Gasteiger partial charge on any atom is 0.332 e. The first kappa shape index (κ1) is 15.7. The van der Waals surface area contributed by atoms with E-state index in [1.807, 2.05) is 24.3 Å². The summed E-state index contributed by atoms with van der Waals surface area (Å²) in [6.45, 7) is 1.87. The highest BCUT2D eigenvalue weighted by molar-refractivity contribution is 9.10. The molecule has 1 heterocycles. The van der Waals surface area contributed by atoms with E-state index in [4.69, 9.17) is 0 Å². The number of carbonyl (C=O) groups is 2. The predicted octanol–water partition coefficient (Wildman–Crippen LogP) is 3.95. The van der Waals surface area contributed by atoms with Crippen molar-refractivity contribution in [1.82, 2.24) is 4.90 Å². The highest BCUT2D eigenvalue weighted by Crippen LogP contribution is 2.28. The Morgan fingerprint density at radius 3 is 2.39 bits per heavy atom. The summed E-state index contributed by atoms with van der Waals surface area (Å²) in [4.78, 5) is 27.7. The van der Waals surface area contributed by atoms with Crippen molar-refractivity contribution in [3.63, 3.8) is 0 Å². The maximum atomic E-state index is 13.1. The smallest absolute Gasteiger partial charge is 0.282 e. The Morgan fingerprint density at radius 1 is 1.09 bits per heavy atom. The molecule has 0 spiro atoms. The van der Waals surface area contributed by atoms with Crippen LogP contribution in [-0.2, 0) is 11.3 Å². The summed E-state index contributed by atoms with van der Waals surface area (Å²) in [6.07, 6.45) is 0. The number of amides is 3. The highest BCUT2D eigenvalue weighted by Gasteiger charge is 2.43. The molecule has 118 valence electrons. The zero-order chi connectivity index (χ0) is 16.6. The molecule has 3 amide bonds. The summed E-state index contributed by atoms with van der Waals surface area (Å²) in [5, 5.41) is 0. The molecule has 1 fully saturated rings. The molecule has 6 heteroatoms. The van der Waals surface area contributed by atoms with Gasteiger partial charge in [0.05, 0.1) is 6.54 Å². The van der Waals surface area contributed by atoms with Gasteiger partial charge in [0.2, 0.25) is 0 Å². The number of rotatable bonds is 3. The molecule has 0 N–H and O–H groups in total. The van der Waals surface area contributed by atoms with E-state index in [2.05, 4.69) is 15.9 Å². The fraction of sp³-hybridized carbons (Fsp3) is 0.176. The minimum atomic E-state index is -0.615. The Hall–Kier alpha value is -2.21. The lowest BCUT2D eigenvalue weighted by Crippen LogP contribution is -2.33. The van der Waals surface area contributed by atoms with Crippen molar-refractivity contribution < 1.29 is 14.0 Å². The Morgan fingerprint density at radius 2 is 1.74 bits per heavy atom. The zero-order valence-corrected chi connectivity index (χ0v) is 14.0. The minimum Gasteiger partial charge on any atom is -0.282 e. The fourth-order valence-electron chi connectivity index (χ4n) is 2.60. The van der Waals surface area contributed by atoms with Gasteiger partial charge in [0.1, 0.15) is 11.9 Å². The maximum absolute atomic E-state index is 13.1. The van der Waals surface area contributed by atoms with Crippen molar-refractivity contribution in [2.24, 2.45) is 0 Å². The third kappa shape index (κ3) is 2.86. The third-order valence-electron chi connectivity index (χ3n) is 3.84. The largest absolute Gasteiger partial charge is 0.332 e. The van der Waals surface area contributed by atoms with Gasteiger partial charge in [-0.2, -0.15) is 0 Å². The van der Waals surface area contributed by atoms with Crippen molar-refractivity contribution >= 4 is 33.6 Å². The van der Waals surface area contributed by atoms with E-state index in [1.165, 1.54) is 34.1 Å². The van der Waals surface area contributed by atoms with Crippen LogP contribution in [0.15, 0.2) is 53.0 Å². The van der Waals surface area contributed by atoms with E-state index in [1.54, 1.807) is 6.92 Å². The third-order valence-corrected chi connectivity index (χ3v) is 4.61. The number of hydrogen-bond donors (Lipinski definition) is 0. The molecule has 0 aliphatic carbocycles. The summed E-state index contributed by atoms with van der Waals surface area (Å²) in [5.74, 6) is -0.653. The summed E-state index contributed by atoms with van der Waals surface area (Å²) in [5.41, 5.74) is 1.36. The molecule has 1 unspecified atom stereocenters. The second-order valence-electron chi connectivity index (χ2n) is 5.32. The van der Waals surface area contributed by atoms with E-state index < -0.39 is 12.1 Å². The lowest BCUT2D eigenvalue weighted by molar-refractivity contribution is -0.127. The van der Waals surface area contributed by atoms with Gasteiger partial charge < -0.3 is 0 Å². The van der Waals surface area contributed by atoms with Crippen molar-refractivity contribution in [3.8, 4) is 0 Å². The van der Waals surface area contributed by atoms with Gasteiger partial charge >= 0.3 is 6.03 Å². The van der Waals surface area contributed by atoms with Crippen LogP contribution in [-0.4, -0.2) is 22.9 Å². The second kappa shape index (κ2) is 6.12. The van der Waals surface area contributed by atoms with E-state index in [0.717, 1.165) is 10.0 Å². The van der Waals surface area contributed by atoms with Crippen LogP contribution in [0.25, 0.3) is 0 Å². The standard InChI is InChI=1S/C17H14BrFN2O2/c1-11-16(22)20(10-12-4-2-3-5-15(12)18)17(23)21(11)14-8-6-13(19)7-9-14/h2-9,11H,10H2,1H3. The summed E-state index contributed by atoms with van der Waals surface area (Å²) in [7, 11) is 0. The molecule has 23 heavy (non-hydrogen) atoms. The Balaban J connectivity index is 1.89. The van der Waals surface area contributed by atoms with Crippen LogP contribution in [0.4, 0.5) is 14.9 Å². The molecule has 0 saturated carbocycles. The molecular weight excluding hydrogens is 363 g/mol. The molecule has 2 aromatic rings. The van der Waals surface area contributed by atoms with Crippen LogP contribution >= 0.6 is 15.9 Å². The molecule has 1 aliphatic heterocycles. The lowest BCUT2D eigenvalue weighted by Gasteiger charge is -2.19. The van der Waals surface area contributed by atoms with Crippen LogP contribution in [0.5, 0.6) is 0 Å². The van der Waals surface area contributed by atoms with Gasteiger partial charge in [-0.05, 0) is 42.8 Å². The van der Waals surface area contributed by atoms with Crippen LogP contribution < -0.4 is 4.90 Å². The number of hydrogen-bond acceptors (Lipinski definition) is 2. The number of halogens is 2. The van der Waals surface area contributed by atoms with Crippen molar-refractivity contribution in [1.29, 1.82) is 0 Å². The molecule has 0 aromatic heterocycles. The van der Waals surface area contributed by atoms with Crippen LogP contribution in [0.2, 0.25) is 0 Å². The number of nitrogens with zero attached hydrogens (tertiary/aromatic N) is 2. The Bertz CT molecular complexity index is 763. The number of urea groups is 1. The van der Waals surface area contributed by atoms with E-state index in [-0.39, 0.29) is 18.3 Å². The highest BCUT2D eigenvalue weighted by atomic mass is 79.9. The first-order valence-corrected chi connectivity index (χ1v) is 7.92. The van der Waals surface area contributed by atoms with Crippen LogP contribution in [0.1, 0.15) is 12.5 Å². The predicted molar refractivity (Wildman–Crippen MR) is 88.4 cm³/mol. The molecule has 1 saturated heterocycles. The van der Waals surface area contributed by atoms with Gasteiger partial charge in [0.25, 0.3) is 5.91 Å². The first-order valence-electron chi connectivity index (χ1n) is 7.12. The molecule has 1 atom stereocenters. The van der Waals surface area contributed by atoms with Crippen LogP contribution in [0, 0.1) is 5.82 Å². The van der Waals surface area contributed by atoms with Gasteiger partial charge in [0, 0.05) is 10.2 Å². The number of carbonyl (C=O) groups excluding carboxylic acids is 2. The van der Waals surface area contributed by atoms with Crippen molar-refractivity contribution in [2.75, 3.05) is 4.90 Å². The molecule has 2 aromatic carbocycles. The van der Waals surface area contributed by atoms with E-state index in [0.29, 0.717) is 5.69 Å². The molecule has 1 aliphatic rings. The molecule has 4 nitrogen and oxygen atoms in total. The lowest BCUT2D eigenvalue weighted by atomic mass is 10.2. The fourth-order valence-corrected chi connectivity index (χ4v) is 3.01. The SMILES string of the molecule is CC1C(=O)N(Cc2ccccc2Br)C(=O)N1c1ccc(F)cc1. The van der Waals surface area contributed by atoms with E-state index in [9.17, 15) is 14.0 Å². The monoisotopic (exact) mass is 376 g/mol. The Labute approximate surface area is 141 Å². The minimum absolute atomic E-state index is 0.196. The number of benzene rings is 2. The molecule has 0 radical (unpaired) electrons. The van der Waals surface area contributed by atoms with Gasteiger partial charge in [-0.25, -0.2) is 9.18 Å². The summed E-state index contributed by atoms with van der Waals surface area (Å²) >= 11 is 3.42. The first-order chi connectivity index (χ1) is 11.0. The number of anilines is 1. The second-order valence-corrected chi connectivity index (χ2v) is 6.18. The number of imide groups is 1. The molecule has 3 rings (SSSR count). The molecule has 0 bridgehead atoms. The normalized spacial score (nSPS) is 18.0. The van der Waals surface area contributed by atoms with Crippen molar-refractivity contribution in [2.45, 2.75) is 19.5 Å².